The Hall–Kier alpha value is 0.0969. The van der Waals surface area contributed by atoms with Crippen molar-refractivity contribution in [2.75, 3.05) is 13.2 Å². The fourth-order valence-corrected chi connectivity index (χ4v) is 1.60. The van der Waals surface area contributed by atoms with E-state index in [1.54, 1.807) is 0 Å². The normalized spacial score (nSPS) is 13.1. The second-order valence-corrected chi connectivity index (χ2v) is 3.03. The highest BCUT2D eigenvalue weighted by Crippen LogP contribution is 2.12. The van der Waals surface area contributed by atoms with Crippen LogP contribution in [0.5, 0.6) is 0 Å². The summed E-state index contributed by atoms with van der Waals surface area (Å²) in [5.41, 5.74) is 0. The van der Waals surface area contributed by atoms with Crippen LogP contribution in [-0.4, -0.2) is 29.0 Å². The average Bonchev–Trinajstić information content (AvgIpc) is 1.88. The van der Waals surface area contributed by atoms with Gasteiger partial charge in [-0.15, -0.1) is 0 Å². The van der Waals surface area contributed by atoms with Crippen molar-refractivity contribution in [1.82, 2.24) is 0 Å². The van der Waals surface area contributed by atoms with Gasteiger partial charge in [0.05, 0.1) is 0 Å². The van der Waals surface area contributed by atoms with E-state index in [1.807, 2.05) is 20.8 Å². The molecule has 0 spiro atoms. The van der Waals surface area contributed by atoms with Gasteiger partial charge in [0.2, 0.25) is 0 Å². The van der Waals surface area contributed by atoms with Crippen molar-refractivity contribution < 1.29 is 13.9 Å². The summed E-state index contributed by atoms with van der Waals surface area (Å²) >= 11 is 0. The molecule has 0 aliphatic rings. The lowest BCUT2D eigenvalue weighted by Gasteiger charge is -2.28. The van der Waals surface area contributed by atoms with Gasteiger partial charge in [-0.1, -0.05) is 6.55 Å². The highest BCUT2D eigenvalue weighted by Gasteiger charge is 2.24. The highest BCUT2D eigenvalue weighted by molar-refractivity contribution is 6.24. The third-order valence-corrected chi connectivity index (χ3v) is 2.03. The van der Waals surface area contributed by atoms with Gasteiger partial charge in [0, 0.05) is 20.1 Å². The van der Waals surface area contributed by atoms with Crippen molar-refractivity contribution in [2.24, 2.45) is 0 Å². The maximum atomic E-state index is 5.40. The van der Waals surface area contributed by atoms with E-state index in [4.69, 9.17) is 13.9 Å². The van der Waals surface area contributed by atoms with Crippen LogP contribution in [0.25, 0.3) is 0 Å². The summed E-state index contributed by atoms with van der Waals surface area (Å²) in [5, 5.41) is 0. The molecule has 0 radical (unpaired) electrons. The van der Waals surface area contributed by atoms with Crippen molar-refractivity contribution in [3.63, 3.8) is 0 Å². The van der Waals surface area contributed by atoms with Gasteiger partial charge in [-0.3, -0.25) is 0 Å². The van der Waals surface area contributed by atoms with Crippen molar-refractivity contribution >= 4 is 9.76 Å². The van der Waals surface area contributed by atoms with E-state index in [1.165, 1.54) is 0 Å². The summed E-state index contributed by atoms with van der Waals surface area (Å²) in [4.78, 5) is 0. The largest absolute Gasteiger partial charge is 0.377 e. The van der Waals surface area contributed by atoms with E-state index in [0.29, 0.717) is 13.2 Å². The molecule has 4 heteroatoms. The predicted octanol–water partition coefficient (Wildman–Crippen LogP) is 0.882. The maximum Gasteiger partial charge on any atom is 0.269 e. The van der Waals surface area contributed by atoms with E-state index in [9.17, 15) is 0 Å². The molecule has 0 saturated heterocycles. The summed E-state index contributed by atoms with van der Waals surface area (Å²) in [6, 6.07) is 0. The molecular weight excluding hydrogens is 160 g/mol. The van der Waals surface area contributed by atoms with Crippen LogP contribution in [0.1, 0.15) is 20.8 Å². The smallest absolute Gasteiger partial charge is 0.269 e. The van der Waals surface area contributed by atoms with Crippen LogP contribution in [0, 0.1) is 0 Å². The maximum absolute atomic E-state index is 5.40. The number of rotatable bonds is 6. The zero-order valence-electron chi connectivity index (χ0n) is 7.85. The minimum Gasteiger partial charge on any atom is -0.377 e. The van der Waals surface area contributed by atoms with Crippen LogP contribution in [0.4, 0.5) is 0 Å². The molecular formula is C7H18O3Si. The minimum atomic E-state index is -0.787. The van der Waals surface area contributed by atoms with E-state index in [0.717, 1.165) is 0 Å². The van der Waals surface area contributed by atoms with Crippen LogP contribution in [0.3, 0.4) is 0 Å². The van der Waals surface area contributed by atoms with Gasteiger partial charge in [-0.25, -0.2) is 0 Å². The summed E-state index contributed by atoms with van der Waals surface area (Å²) < 4.78 is 16.0. The second-order valence-electron chi connectivity index (χ2n) is 2.16. The average molecular weight is 178 g/mol. The van der Waals surface area contributed by atoms with Gasteiger partial charge in [-0.2, -0.15) is 0 Å². The molecule has 3 nitrogen and oxygen atoms in total. The summed E-state index contributed by atoms with van der Waals surface area (Å²) in [5.74, 6) is -0.787. The molecule has 0 N–H and O–H groups in total. The Morgan fingerprint density at radius 3 is 1.91 bits per heavy atom. The fourth-order valence-electron chi connectivity index (χ4n) is 0.912. The molecule has 0 bridgehead atoms. The molecule has 0 amide bonds. The van der Waals surface area contributed by atoms with Crippen molar-refractivity contribution in [3.05, 3.63) is 0 Å². The Morgan fingerprint density at radius 1 is 1.18 bits per heavy atom. The summed E-state index contributed by atoms with van der Waals surface area (Å²) in [6.07, 6.45) is 0. The fraction of sp³-hybridized carbons (Fsp3) is 1.00. The van der Waals surface area contributed by atoms with E-state index in [-0.39, 0.29) is 0 Å². The van der Waals surface area contributed by atoms with Gasteiger partial charge in [-0.05, 0) is 13.8 Å². The molecule has 0 saturated carbocycles. The van der Waals surface area contributed by atoms with Gasteiger partial charge in [0.15, 0.2) is 9.76 Å². The topological polar surface area (TPSA) is 27.7 Å². The monoisotopic (exact) mass is 178 g/mol. The standard InChI is InChI=1S/C7H18O3Si/c1-5-8-7(3,9-6-2)10-11-4/h5-6,11H2,1-4H3. The number of ether oxygens (including phenoxy) is 2. The number of hydrogen-bond donors (Lipinski definition) is 0. The van der Waals surface area contributed by atoms with Crippen molar-refractivity contribution in [1.29, 1.82) is 0 Å². The first-order chi connectivity index (χ1) is 5.18. The molecule has 0 aromatic heterocycles. The lowest BCUT2D eigenvalue weighted by molar-refractivity contribution is -0.330. The first kappa shape index (κ1) is 11.1. The third kappa shape index (κ3) is 4.52. The molecule has 0 aliphatic carbocycles. The molecule has 68 valence electrons. The Kier molecular flexibility index (Phi) is 5.76. The zero-order chi connectivity index (χ0) is 8.74. The Morgan fingerprint density at radius 2 is 1.64 bits per heavy atom. The number of hydrogen-bond acceptors (Lipinski definition) is 3. The molecule has 0 atom stereocenters. The summed E-state index contributed by atoms with van der Waals surface area (Å²) in [7, 11) is -0.481. The van der Waals surface area contributed by atoms with Crippen molar-refractivity contribution in [3.8, 4) is 0 Å². The molecule has 0 aromatic carbocycles. The first-order valence-electron chi connectivity index (χ1n) is 4.10. The van der Waals surface area contributed by atoms with Crippen LogP contribution in [0.2, 0.25) is 6.55 Å². The van der Waals surface area contributed by atoms with Gasteiger partial charge >= 0.3 is 0 Å². The van der Waals surface area contributed by atoms with E-state index < -0.39 is 15.7 Å². The molecule has 0 aliphatic heterocycles. The minimum absolute atomic E-state index is 0.481. The van der Waals surface area contributed by atoms with E-state index >= 15 is 0 Å². The second kappa shape index (κ2) is 5.71. The van der Waals surface area contributed by atoms with Crippen LogP contribution < -0.4 is 0 Å². The Labute approximate surface area is 71.0 Å². The van der Waals surface area contributed by atoms with Gasteiger partial charge < -0.3 is 13.9 Å². The lowest BCUT2D eigenvalue weighted by atomic mass is 10.6. The third-order valence-electron chi connectivity index (χ3n) is 1.22. The molecule has 0 heterocycles. The van der Waals surface area contributed by atoms with Crippen molar-refractivity contribution in [2.45, 2.75) is 33.3 Å². The van der Waals surface area contributed by atoms with Crippen LogP contribution in [-0.2, 0) is 13.9 Å². The van der Waals surface area contributed by atoms with Gasteiger partial charge in [0.25, 0.3) is 5.97 Å². The molecule has 0 aromatic rings. The molecule has 0 rings (SSSR count). The first-order valence-corrected chi connectivity index (χ1v) is 6.09. The molecule has 11 heavy (non-hydrogen) atoms. The SMILES string of the molecule is CCOC(C)(OCC)O[SiH2]C. The van der Waals surface area contributed by atoms with Crippen LogP contribution in [0.15, 0.2) is 0 Å². The Bertz CT molecular complexity index is 80.7. The van der Waals surface area contributed by atoms with Crippen LogP contribution >= 0.6 is 0 Å². The lowest BCUT2D eigenvalue weighted by Crippen LogP contribution is -2.36. The van der Waals surface area contributed by atoms with E-state index in [2.05, 4.69) is 6.55 Å². The zero-order valence-corrected chi connectivity index (χ0v) is 9.26. The van der Waals surface area contributed by atoms with Gasteiger partial charge in [0.1, 0.15) is 0 Å². The summed E-state index contributed by atoms with van der Waals surface area (Å²) in [6.45, 7) is 8.96. The molecule has 0 unspecified atom stereocenters. The quantitative estimate of drug-likeness (QED) is 0.446. The Balaban J connectivity index is 3.79. The molecule has 0 fully saturated rings. The predicted molar refractivity (Wildman–Crippen MR) is 47.2 cm³/mol. The highest BCUT2D eigenvalue weighted by atomic mass is 28.2.